The van der Waals surface area contributed by atoms with E-state index in [4.69, 9.17) is 0 Å². The Morgan fingerprint density at radius 2 is 1.80 bits per heavy atom. The second-order valence-corrected chi connectivity index (χ2v) is 7.29. The number of rotatable bonds is 5. The quantitative estimate of drug-likeness (QED) is 0.834. The number of aryl methyl sites for hydroxylation is 1. The molecular formula is C19H23BrN4O. The molecule has 6 heteroatoms. The van der Waals surface area contributed by atoms with E-state index in [1.165, 1.54) is 5.56 Å². The first-order valence-corrected chi connectivity index (χ1v) is 9.30. The van der Waals surface area contributed by atoms with E-state index in [2.05, 4.69) is 49.0 Å². The first-order chi connectivity index (χ1) is 12.1. The van der Waals surface area contributed by atoms with Crippen LogP contribution in [0.15, 0.2) is 47.1 Å². The molecule has 25 heavy (non-hydrogen) atoms. The first kappa shape index (κ1) is 18.0. The lowest BCUT2D eigenvalue weighted by molar-refractivity contribution is -0.117. The Morgan fingerprint density at radius 3 is 2.48 bits per heavy atom. The molecule has 0 radical (unpaired) electrons. The summed E-state index contributed by atoms with van der Waals surface area (Å²) in [5.74, 6) is 0.0383. The number of nitrogens with one attached hydrogen (secondary N) is 1. The molecule has 1 aliphatic heterocycles. The minimum Gasteiger partial charge on any atom is -0.325 e. The Kier molecular flexibility index (Phi) is 6.18. The molecule has 0 bridgehead atoms. The fraction of sp³-hybridized carbons (Fsp3) is 0.368. The van der Waals surface area contributed by atoms with Crippen LogP contribution in [0.4, 0.5) is 5.69 Å². The van der Waals surface area contributed by atoms with Crippen molar-refractivity contribution in [1.82, 2.24) is 14.8 Å². The van der Waals surface area contributed by atoms with Gasteiger partial charge in [-0.1, -0.05) is 22.0 Å². The van der Waals surface area contributed by atoms with Crippen molar-refractivity contribution in [1.29, 1.82) is 0 Å². The van der Waals surface area contributed by atoms with Gasteiger partial charge in [-0.15, -0.1) is 0 Å². The summed E-state index contributed by atoms with van der Waals surface area (Å²) in [5.41, 5.74) is 3.21. The smallest absolute Gasteiger partial charge is 0.238 e. The Balaban J connectivity index is 1.43. The van der Waals surface area contributed by atoms with Gasteiger partial charge in [0.15, 0.2) is 0 Å². The summed E-state index contributed by atoms with van der Waals surface area (Å²) < 4.78 is 1.00. The monoisotopic (exact) mass is 402 g/mol. The third-order valence-electron chi connectivity index (χ3n) is 4.45. The minimum absolute atomic E-state index is 0.0383. The molecule has 5 nitrogen and oxygen atoms in total. The Labute approximate surface area is 157 Å². The summed E-state index contributed by atoms with van der Waals surface area (Å²) in [7, 11) is 0. The predicted octanol–water partition coefficient (Wildman–Crippen LogP) is 2.91. The van der Waals surface area contributed by atoms with Gasteiger partial charge in [-0.25, -0.2) is 0 Å². The van der Waals surface area contributed by atoms with Crippen molar-refractivity contribution in [2.75, 3.05) is 38.0 Å². The molecule has 0 atom stereocenters. The summed E-state index contributed by atoms with van der Waals surface area (Å²) in [6, 6.07) is 11.7. The molecule has 0 saturated carbocycles. The van der Waals surface area contributed by atoms with Gasteiger partial charge in [0.05, 0.1) is 12.2 Å². The molecule has 1 N–H and O–H groups in total. The number of carbonyl (C=O) groups is 1. The fourth-order valence-corrected chi connectivity index (χ4v) is 3.20. The predicted molar refractivity (Wildman–Crippen MR) is 103 cm³/mol. The molecule has 0 aliphatic carbocycles. The lowest BCUT2D eigenvalue weighted by atomic mass is 10.2. The zero-order valence-electron chi connectivity index (χ0n) is 14.4. The number of hydrogen-bond donors (Lipinski definition) is 1. The van der Waals surface area contributed by atoms with Crippen molar-refractivity contribution >= 4 is 27.5 Å². The number of aromatic nitrogens is 1. The highest BCUT2D eigenvalue weighted by Gasteiger charge is 2.19. The Hall–Kier alpha value is -1.76. The van der Waals surface area contributed by atoms with E-state index < -0.39 is 0 Å². The summed E-state index contributed by atoms with van der Waals surface area (Å²) >= 11 is 3.39. The van der Waals surface area contributed by atoms with Crippen molar-refractivity contribution < 1.29 is 4.79 Å². The van der Waals surface area contributed by atoms with Crippen LogP contribution in [-0.4, -0.2) is 53.4 Å². The molecule has 1 amide bonds. The van der Waals surface area contributed by atoms with Crippen molar-refractivity contribution in [3.8, 4) is 0 Å². The van der Waals surface area contributed by atoms with E-state index in [1.54, 1.807) is 0 Å². The number of hydrogen-bond acceptors (Lipinski definition) is 4. The zero-order valence-corrected chi connectivity index (χ0v) is 16.0. The second kappa shape index (κ2) is 8.56. The van der Waals surface area contributed by atoms with E-state index >= 15 is 0 Å². The molecule has 132 valence electrons. The topological polar surface area (TPSA) is 48.5 Å². The van der Waals surface area contributed by atoms with E-state index in [0.717, 1.165) is 48.6 Å². The SMILES string of the molecule is Cc1cccnc1CN1CCN(CC(=O)Nc2ccc(Br)cc2)CC1. The van der Waals surface area contributed by atoms with Crippen molar-refractivity contribution in [2.45, 2.75) is 13.5 Å². The molecule has 0 unspecified atom stereocenters. The van der Waals surface area contributed by atoms with Gasteiger partial charge in [-0.05, 0) is 42.8 Å². The van der Waals surface area contributed by atoms with Gasteiger partial charge in [0.1, 0.15) is 0 Å². The van der Waals surface area contributed by atoms with Gasteiger partial charge in [-0.2, -0.15) is 0 Å². The van der Waals surface area contributed by atoms with Crippen LogP contribution in [0.1, 0.15) is 11.3 Å². The van der Waals surface area contributed by atoms with Gasteiger partial charge in [0.2, 0.25) is 5.91 Å². The fourth-order valence-electron chi connectivity index (χ4n) is 2.94. The standard InChI is InChI=1S/C19H23BrN4O/c1-15-3-2-8-21-18(15)13-23-9-11-24(12-10-23)14-19(25)22-17-6-4-16(20)5-7-17/h2-8H,9-14H2,1H3,(H,22,25). The highest BCUT2D eigenvalue weighted by molar-refractivity contribution is 9.10. The average Bonchev–Trinajstić information content (AvgIpc) is 2.61. The lowest BCUT2D eigenvalue weighted by Gasteiger charge is -2.34. The molecule has 0 spiro atoms. The Morgan fingerprint density at radius 1 is 1.12 bits per heavy atom. The lowest BCUT2D eigenvalue weighted by Crippen LogP contribution is -2.48. The number of carbonyl (C=O) groups excluding carboxylic acids is 1. The third kappa shape index (κ3) is 5.36. The van der Waals surface area contributed by atoms with Gasteiger partial charge >= 0.3 is 0 Å². The van der Waals surface area contributed by atoms with Crippen LogP contribution < -0.4 is 5.32 Å². The van der Waals surface area contributed by atoms with Gasteiger partial charge in [-0.3, -0.25) is 19.6 Å². The van der Waals surface area contributed by atoms with Crippen LogP contribution in [0.3, 0.4) is 0 Å². The second-order valence-electron chi connectivity index (χ2n) is 6.37. The highest BCUT2D eigenvalue weighted by atomic mass is 79.9. The number of piperazine rings is 1. The molecular weight excluding hydrogens is 380 g/mol. The normalized spacial score (nSPS) is 15.9. The minimum atomic E-state index is 0.0383. The van der Waals surface area contributed by atoms with Crippen LogP contribution in [0, 0.1) is 6.92 Å². The maximum absolute atomic E-state index is 12.2. The van der Waals surface area contributed by atoms with Crippen molar-refractivity contribution in [2.24, 2.45) is 0 Å². The van der Waals surface area contributed by atoms with Crippen LogP contribution in [0.2, 0.25) is 0 Å². The number of benzene rings is 1. The van der Waals surface area contributed by atoms with E-state index in [9.17, 15) is 4.79 Å². The molecule has 2 heterocycles. The zero-order chi connectivity index (χ0) is 17.6. The van der Waals surface area contributed by atoms with Crippen LogP contribution in [0.5, 0.6) is 0 Å². The number of anilines is 1. The van der Waals surface area contributed by atoms with Gasteiger partial charge in [0, 0.05) is 49.1 Å². The number of pyridine rings is 1. The maximum atomic E-state index is 12.2. The van der Waals surface area contributed by atoms with E-state index in [0.29, 0.717) is 6.54 Å². The number of amides is 1. The number of halogens is 1. The summed E-state index contributed by atoms with van der Waals surface area (Å²) in [5, 5.41) is 2.95. The maximum Gasteiger partial charge on any atom is 0.238 e. The number of nitrogens with zero attached hydrogens (tertiary/aromatic N) is 3. The van der Waals surface area contributed by atoms with Gasteiger partial charge < -0.3 is 5.32 Å². The first-order valence-electron chi connectivity index (χ1n) is 8.51. The largest absolute Gasteiger partial charge is 0.325 e. The molecule has 1 aromatic carbocycles. The Bertz CT molecular complexity index is 712. The molecule has 2 aromatic rings. The van der Waals surface area contributed by atoms with Crippen LogP contribution in [-0.2, 0) is 11.3 Å². The van der Waals surface area contributed by atoms with Crippen LogP contribution in [0.25, 0.3) is 0 Å². The van der Waals surface area contributed by atoms with E-state index in [1.807, 2.05) is 36.5 Å². The molecule has 1 aliphatic rings. The van der Waals surface area contributed by atoms with Gasteiger partial charge in [0.25, 0.3) is 0 Å². The summed E-state index contributed by atoms with van der Waals surface area (Å²) in [6.45, 7) is 7.14. The van der Waals surface area contributed by atoms with Crippen LogP contribution >= 0.6 is 15.9 Å². The third-order valence-corrected chi connectivity index (χ3v) is 4.98. The van der Waals surface area contributed by atoms with E-state index in [-0.39, 0.29) is 5.91 Å². The molecule has 3 rings (SSSR count). The highest BCUT2D eigenvalue weighted by Crippen LogP contribution is 2.14. The van der Waals surface area contributed by atoms with Crippen molar-refractivity contribution in [3.63, 3.8) is 0 Å². The molecule has 1 aromatic heterocycles. The van der Waals surface area contributed by atoms with Crippen molar-refractivity contribution in [3.05, 3.63) is 58.3 Å². The average molecular weight is 403 g/mol. The summed E-state index contributed by atoms with van der Waals surface area (Å²) in [4.78, 5) is 21.3. The molecule has 1 fully saturated rings. The summed E-state index contributed by atoms with van der Waals surface area (Å²) in [6.07, 6.45) is 1.85. The molecule has 1 saturated heterocycles.